The van der Waals surface area contributed by atoms with Crippen molar-refractivity contribution in [1.82, 2.24) is 5.32 Å². The molecule has 13 heavy (non-hydrogen) atoms. The summed E-state index contributed by atoms with van der Waals surface area (Å²) in [7, 11) is 0. The number of aliphatic hydroxyl groups excluding tert-OH is 1. The molecule has 2 N–H and O–H groups in total. The lowest BCUT2D eigenvalue weighted by molar-refractivity contribution is 0.283. The molecule has 3 heteroatoms. The van der Waals surface area contributed by atoms with Gasteiger partial charge in [0, 0.05) is 17.5 Å². The third-order valence-electron chi connectivity index (χ3n) is 2.02. The largest absolute Gasteiger partial charge is 0.396 e. The van der Waals surface area contributed by atoms with Crippen molar-refractivity contribution in [2.45, 2.75) is 25.8 Å². The zero-order chi connectivity index (χ0) is 9.52. The van der Waals surface area contributed by atoms with Gasteiger partial charge in [-0.05, 0) is 30.8 Å². The molecule has 0 fully saturated rings. The predicted molar refractivity (Wildman–Crippen MR) is 57.1 cm³/mol. The van der Waals surface area contributed by atoms with Crippen LogP contribution in [0.25, 0.3) is 0 Å². The van der Waals surface area contributed by atoms with Crippen LogP contribution >= 0.6 is 11.3 Å². The SMILES string of the molecule is CCC(NCCCO)c1cccs1. The monoisotopic (exact) mass is 199 g/mol. The van der Waals surface area contributed by atoms with E-state index < -0.39 is 0 Å². The molecule has 0 saturated heterocycles. The van der Waals surface area contributed by atoms with Crippen molar-refractivity contribution in [3.05, 3.63) is 22.4 Å². The number of thiophene rings is 1. The summed E-state index contributed by atoms with van der Waals surface area (Å²) in [6, 6.07) is 4.70. The van der Waals surface area contributed by atoms with Crippen molar-refractivity contribution < 1.29 is 5.11 Å². The van der Waals surface area contributed by atoms with Gasteiger partial charge in [0.15, 0.2) is 0 Å². The van der Waals surface area contributed by atoms with Crippen LogP contribution in [0.3, 0.4) is 0 Å². The summed E-state index contributed by atoms with van der Waals surface area (Å²) in [6.45, 7) is 3.34. The van der Waals surface area contributed by atoms with Gasteiger partial charge in [0.05, 0.1) is 0 Å². The van der Waals surface area contributed by atoms with Crippen LogP contribution in [0.15, 0.2) is 17.5 Å². The van der Waals surface area contributed by atoms with Crippen molar-refractivity contribution >= 4 is 11.3 Å². The number of hydrogen-bond acceptors (Lipinski definition) is 3. The number of rotatable bonds is 6. The van der Waals surface area contributed by atoms with Gasteiger partial charge in [-0.25, -0.2) is 0 Å². The first kappa shape index (κ1) is 10.7. The summed E-state index contributed by atoms with van der Waals surface area (Å²) in [5.41, 5.74) is 0. The van der Waals surface area contributed by atoms with Gasteiger partial charge in [-0.3, -0.25) is 0 Å². The van der Waals surface area contributed by atoms with Crippen LogP contribution < -0.4 is 5.32 Å². The van der Waals surface area contributed by atoms with Gasteiger partial charge in [-0.1, -0.05) is 13.0 Å². The molecule has 0 aliphatic carbocycles. The van der Waals surface area contributed by atoms with Gasteiger partial charge < -0.3 is 10.4 Å². The van der Waals surface area contributed by atoms with Gasteiger partial charge in [-0.2, -0.15) is 0 Å². The van der Waals surface area contributed by atoms with E-state index in [1.54, 1.807) is 11.3 Å². The highest BCUT2D eigenvalue weighted by atomic mass is 32.1. The molecule has 1 rings (SSSR count). The fourth-order valence-electron chi connectivity index (χ4n) is 1.29. The van der Waals surface area contributed by atoms with Crippen LogP contribution in [-0.4, -0.2) is 18.3 Å². The zero-order valence-corrected chi connectivity index (χ0v) is 8.81. The first-order valence-electron chi connectivity index (χ1n) is 4.76. The van der Waals surface area contributed by atoms with Crippen molar-refractivity contribution in [2.24, 2.45) is 0 Å². The Hall–Kier alpha value is -0.380. The van der Waals surface area contributed by atoms with E-state index in [1.165, 1.54) is 4.88 Å². The van der Waals surface area contributed by atoms with Crippen LogP contribution in [-0.2, 0) is 0 Å². The summed E-state index contributed by atoms with van der Waals surface area (Å²) < 4.78 is 0. The molecule has 0 aliphatic rings. The van der Waals surface area contributed by atoms with E-state index in [0.717, 1.165) is 19.4 Å². The molecule has 1 aromatic rings. The molecule has 74 valence electrons. The lowest BCUT2D eigenvalue weighted by atomic mass is 10.2. The molecule has 1 unspecified atom stereocenters. The average Bonchev–Trinajstić information content (AvgIpc) is 2.65. The molecular formula is C10H17NOS. The smallest absolute Gasteiger partial charge is 0.0443 e. The molecule has 0 aliphatic heterocycles. The van der Waals surface area contributed by atoms with Crippen LogP contribution in [0.1, 0.15) is 30.7 Å². The normalized spacial score (nSPS) is 13.1. The van der Waals surface area contributed by atoms with Crippen LogP contribution in [0.4, 0.5) is 0 Å². The predicted octanol–water partition coefficient (Wildman–Crippen LogP) is 2.17. The summed E-state index contributed by atoms with van der Waals surface area (Å²) in [6.07, 6.45) is 1.94. The Morgan fingerprint density at radius 2 is 2.46 bits per heavy atom. The van der Waals surface area contributed by atoms with Crippen molar-refractivity contribution in [3.63, 3.8) is 0 Å². The highest BCUT2D eigenvalue weighted by Crippen LogP contribution is 2.21. The Labute approximate surface area is 83.6 Å². The molecule has 0 spiro atoms. The fraction of sp³-hybridized carbons (Fsp3) is 0.600. The summed E-state index contributed by atoms with van der Waals surface area (Å²) >= 11 is 1.79. The third kappa shape index (κ3) is 3.46. The minimum atomic E-state index is 0.272. The van der Waals surface area contributed by atoms with Crippen molar-refractivity contribution in [1.29, 1.82) is 0 Å². The van der Waals surface area contributed by atoms with E-state index in [4.69, 9.17) is 5.11 Å². The second kappa shape index (κ2) is 6.13. The van der Waals surface area contributed by atoms with Crippen LogP contribution in [0, 0.1) is 0 Å². The topological polar surface area (TPSA) is 32.3 Å². The minimum absolute atomic E-state index is 0.272. The Morgan fingerprint density at radius 1 is 1.62 bits per heavy atom. The Balaban J connectivity index is 2.35. The highest BCUT2D eigenvalue weighted by molar-refractivity contribution is 7.10. The molecule has 1 aromatic heterocycles. The maximum Gasteiger partial charge on any atom is 0.0443 e. The van der Waals surface area contributed by atoms with E-state index >= 15 is 0 Å². The van der Waals surface area contributed by atoms with E-state index in [9.17, 15) is 0 Å². The molecular weight excluding hydrogens is 182 g/mol. The summed E-state index contributed by atoms with van der Waals surface area (Å²) in [5, 5.41) is 14.2. The summed E-state index contributed by atoms with van der Waals surface area (Å²) in [4.78, 5) is 1.39. The van der Waals surface area contributed by atoms with E-state index in [0.29, 0.717) is 6.04 Å². The maximum absolute atomic E-state index is 8.65. The Morgan fingerprint density at radius 3 is 3.00 bits per heavy atom. The maximum atomic E-state index is 8.65. The lowest BCUT2D eigenvalue weighted by Crippen LogP contribution is -2.21. The average molecular weight is 199 g/mol. The molecule has 0 radical (unpaired) electrons. The first-order valence-corrected chi connectivity index (χ1v) is 5.64. The molecule has 0 bridgehead atoms. The Bertz CT molecular complexity index is 211. The van der Waals surface area contributed by atoms with Crippen molar-refractivity contribution in [2.75, 3.05) is 13.2 Å². The van der Waals surface area contributed by atoms with Crippen LogP contribution in [0.2, 0.25) is 0 Å². The Kier molecular flexibility index (Phi) is 5.05. The summed E-state index contributed by atoms with van der Waals surface area (Å²) in [5.74, 6) is 0. The second-order valence-corrected chi connectivity index (χ2v) is 3.99. The van der Waals surface area contributed by atoms with Gasteiger partial charge in [0.25, 0.3) is 0 Å². The molecule has 0 amide bonds. The molecule has 2 nitrogen and oxygen atoms in total. The van der Waals surface area contributed by atoms with Gasteiger partial charge >= 0.3 is 0 Å². The molecule has 0 saturated carbocycles. The molecule has 1 heterocycles. The lowest BCUT2D eigenvalue weighted by Gasteiger charge is -2.14. The fourth-order valence-corrected chi connectivity index (χ4v) is 2.18. The number of hydrogen-bond donors (Lipinski definition) is 2. The van der Waals surface area contributed by atoms with E-state index in [1.807, 2.05) is 0 Å². The highest BCUT2D eigenvalue weighted by Gasteiger charge is 2.07. The van der Waals surface area contributed by atoms with Gasteiger partial charge in [-0.15, -0.1) is 11.3 Å². The first-order chi connectivity index (χ1) is 6.38. The van der Waals surface area contributed by atoms with Crippen LogP contribution in [0.5, 0.6) is 0 Å². The van der Waals surface area contributed by atoms with E-state index in [-0.39, 0.29) is 6.61 Å². The van der Waals surface area contributed by atoms with Gasteiger partial charge in [0.1, 0.15) is 0 Å². The standard InChI is InChI=1S/C10H17NOS/c1-2-9(11-6-4-7-12)10-5-3-8-13-10/h3,5,8-9,11-12H,2,4,6-7H2,1H3. The molecule has 1 atom stereocenters. The number of nitrogens with one attached hydrogen (secondary N) is 1. The zero-order valence-electron chi connectivity index (χ0n) is 7.99. The minimum Gasteiger partial charge on any atom is -0.396 e. The second-order valence-electron chi connectivity index (χ2n) is 3.01. The van der Waals surface area contributed by atoms with E-state index in [2.05, 4.69) is 29.8 Å². The molecule has 0 aromatic carbocycles. The van der Waals surface area contributed by atoms with Crippen molar-refractivity contribution in [3.8, 4) is 0 Å². The quantitative estimate of drug-likeness (QED) is 0.688. The van der Waals surface area contributed by atoms with Gasteiger partial charge in [0.2, 0.25) is 0 Å². The third-order valence-corrected chi connectivity index (χ3v) is 3.01. The number of aliphatic hydroxyl groups is 1.